The second-order valence-electron chi connectivity index (χ2n) is 8.54. The van der Waals surface area contributed by atoms with Crippen LogP contribution in [-0.2, 0) is 18.6 Å². The predicted molar refractivity (Wildman–Crippen MR) is 130 cm³/mol. The molecule has 18 heteroatoms. The molecule has 3 rings (SSSR count). The number of hydrogen-bond acceptors (Lipinski definition) is 7. The first-order valence-electron chi connectivity index (χ1n) is 11.7. The second-order valence-corrected chi connectivity index (χ2v) is 11.8. The van der Waals surface area contributed by atoms with E-state index in [4.69, 9.17) is 4.74 Å². The number of ether oxygens (including phenoxy) is 2. The van der Waals surface area contributed by atoms with Gasteiger partial charge < -0.3 is 14.0 Å². The molecular weight excluding hydrogens is 632 g/mol. The Kier molecular flexibility index (Phi) is 10.3. The Hall–Kier alpha value is -3.14. The molecule has 0 saturated heterocycles. The Morgan fingerprint density at radius 2 is 1.60 bits per heavy atom. The maximum Gasteiger partial charge on any atom is 0.412 e. The van der Waals surface area contributed by atoms with Crippen molar-refractivity contribution in [1.29, 1.82) is 0 Å². The monoisotopic (exact) mass is 651 g/mol. The van der Waals surface area contributed by atoms with Crippen LogP contribution in [0.15, 0.2) is 24.3 Å². The highest BCUT2D eigenvalue weighted by Crippen LogP contribution is 2.59. The third-order valence-corrected chi connectivity index (χ3v) is 8.53. The van der Waals surface area contributed by atoms with Crippen LogP contribution >= 0.6 is 18.9 Å². The maximum atomic E-state index is 15.6. The zero-order chi connectivity index (χ0) is 31.6. The lowest BCUT2D eigenvalue weighted by Crippen LogP contribution is -2.35. The molecule has 0 aliphatic carbocycles. The lowest BCUT2D eigenvalue weighted by Gasteiger charge is -2.26. The summed E-state index contributed by atoms with van der Waals surface area (Å²) >= 11 is 0.582. The maximum absolute atomic E-state index is 15.6. The van der Waals surface area contributed by atoms with Crippen molar-refractivity contribution >= 4 is 40.9 Å². The number of fused-ring (bicyclic) bond motifs is 1. The van der Waals surface area contributed by atoms with Crippen molar-refractivity contribution < 1.29 is 67.7 Å². The Labute approximate surface area is 235 Å². The molecule has 0 spiro atoms. The molecule has 1 unspecified atom stereocenters. The first-order valence-corrected chi connectivity index (χ1v) is 14.2. The fourth-order valence-corrected chi connectivity index (χ4v) is 6.10. The van der Waals surface area contributed by atoms with Gasteiger partial charge in [0.1, 0.15) is 10.9 Å². The van der Waals surface area contributed by atoms with Crippen LogP contribution in [-0.4, -0.2) is 37.4 Å². The van der Waals surface area contributed by atoms with Gasteiger partial charge in [0.15, 0.2) is 6.61 Å². The van der Waals surface area contributed by atoms with Crippen LogP contribution in [0.1, 0.15) is 41.4 Å². The number of carbonyl (C=O) groups is 2. The van der Waals surface area contributed by atoms with E-state index in [1.807, 2.05) is 5.09 Å². The summed E-state index contributed by atoms with van der Waals surface area (Å²) in [5.74, 6) is -19.2. The summed E-state index contributed by atoms with van der Waals surface area (Å²) in [7, 11) is -5.14. The van der Waals surface area contributed by atoms with E-state index in [1.165, 1.54) is 0 Å². The van der Waals surface area contributed by atoms with Crippen LogP contribution in [0.2, 0.25) is 0 Å². The lowest BCUT2D eigenvalue weighted by molar-refractivity contribution is -0.154. The van der Waals surface area contributed by atoms with Gasteiger partial charge in [-0.05, 0) is 42.5 Å². The molecule has 0 radical (unpaired) electrons. The average Bonchev–Trinajstić information content (AvgIpc) is 3.37. The third kappa shape index (κ3) is 7.43. The van der Waals surface area contributed by atoms with Gasteiger partial charge in [-0.15, -0.1) is 11.3 Å². The number of carbonyl (C=O) groups excluding carboxylic acids is 2. The molecule has 0 aliphatic rings. The van der Waals surface area contributed by atoms with Crippen LogP contribution in [0.25, 0.3) is 10.1 Å². The van der Waals surface area contributed by atoms with Gasteiger partial charge in [-0.2, -0.15) is 22.0 Å². The van der Waals surface area contributed by atoms with Gasteiger partial charge in [0, 0.05) is 4.70 Å². The van der Waals surface area contributed by atoms with Crippen LogP contribution < -0.4 is 9.82 Å². The minimum Gasteiger partial charge on any atom is -0.465 e. The average molecular weight is 651 g/mol. The van der Waals surface area contributed by atoms with Gasteiger partial charge in [0.05, 0.1) is 6.61 Å². The minimum absolute atomic E-state index is 0.0118. The first-order chi connectivity index (χ1) is 19.5. The van der Waals surface area contributed by atoms with Crippen LogP contribution in [0.3, 0.4) is 0 Å². The molecule has 2 aromatic carbocycles. The standard InChI is InChI=1S/C24H19F9NO6PS/c1-3-6-38-22(35)10(2)34-41(37,39-9-24(31,32)33)21(30)11-4-5-13-12(7-11)8-14(42-13)23(36)40-20-18(28)16(26)15(25)17(27)19(20)29/h4-5,7-8,10,21H,3,6,9H2,1-2H3,(H,34,37)/t10-,21+,41?/m0/s1. The van der Waals surface area contributed by atoms with Gasteiger partial charge in [0.2, 0.25) is 40.7 Å². The Morgan fingerprint density at radius 1 is 1.00 bits per heavy atom. The van der Waals surface area contributed by atoms with Gasteiger partial charge in [-0.25, -0.2) is 27.4 Å². The summed E-state index contributed by atoms with van der Waals surface area (Å²) in [6.07, 6.45) is -4.63. The molecular formula is C24H19F9NO6PS. The molecule has 230 valence electrons. The summed E-state index contributed by atoms with van der Waals surface area (Å²) in [5.41, 5.74) is -0.521. The van der Waals surface area contributed by atoms with Crippen LogP contribution in [0, 0.1) is 29.1 Å². The summed E-state index contributed by atoms with van der Waals surface area (Å²) in [6, 6.07) is 2.49. The molecule has 0 fully saturated rings. The summed E-state index contributed by atoms with van der Waals surface area (Å²) in [4.78, 5) is 24.0. The number of hydrogen-bond donors (Lipinski definition) is 1. The van der Waals surface area contributed by atoms with E-state index >= 15 is 4.39 Å². The molecule has 0 bridgehead atoms. The van der Waals surface area contributed by atoms with Crippen molar-refractivity contribution in [2.45, 2.75) is 38.4 Å². The molecule has 0 saturated carbocycles. The van der Waals surface area contributed by atoms with E-state index in [1.54, 1.807) is 6.92 Å². The Bertz CT molecular complexity index is 1520. The largest absolute Gasteiger partial charge is 0.465 e. The lowest BCUT2D eigenvalue weighted by atomic mass is 10.2. The Balaban J connectivity index is 1.91. The molecule has 3 aromatic rings. The van der Waals surface area contributed by atoms with Crippen LogP contribution in [0.4, 0.5) is 39.5 Å². The van der Waals surface area contributed by atoms with E-state index in [0.29, 0.717) is 17.8 Å². The number of halogens is 9. The SMILES string of the molecule is CCCOC(=O)[C@H](C)NP(=O)(OCC(F)(F)F)[C@@H](F)c1ccc2sc(C(=O)Oc3c(F)c(F)c(F)c(F)c3F)cc2c1. The van der Waals surface area contributed by atoms with E-state index in [2.05, 4.69) is 9.26 Å². The normalized spacial score (nSPS) is 14.8. The first kappa shape index (κ1) is 33.4. The molecule has 3 atom stereocenters. The quantitative estimate of drug-likeness (QED) is 0.0574. The topological polar surface area (TPSA) is 90.9 Å². The number of thiophene rings is 1. The highest BCUT2D eigenvalue weighted by atomic mass is 32.1. The molecule has 1 N–H and O–H groups in total. The number of rotatable bonds is 11. The number of esters is 2. The molecule has 42 heavy (non-hydrogen) atoms. The highest BCUT2D eigenvalue weighted by molar-refractivity contribution is 7.57. The van der Waals surface area contributed by atoms with Crippen LogP contribution in [0.5, 0.6) is 5.75 Å². The van der Waals surface area contributed by atoms with Crippen molar-refractivity contribution in [3.05, 3.63) is 63.8 Å². The van der Waals surface area contributed by atoms with Gasteiger partial charge in [0.25, 0.3) is 0 Å². The Morgan fingerprint density at radius 3 is 2.17 bits per heavy atom. The fourth-order valence-electron chi connectivity index (χ4n) is 3.31. The molecule has 0 amide bonds. The number of alkyl halides is 4. The second kappa shape index (κ2) is 13.0. The summed E-state index contributed by atoms with van der Waals surface area (Å²) in [6.45, 7) is 0.522. The van der Waals surface area contributed by atoms with E-state index in [9.17, 15) is 49.3 Å². The zero-order valence-corrected chi connectivity index (χ0v) is 23.0. The molecule has 7 nitrogen and oxygen atoms in total. The van der Waals surface area contributed by atoms with E-state index in [0.717, 1.165) is 31.2 Å². The zero-order valence-electron chi connectivity index (χ0n) is 21.3. The highest BCUT2D eigenvalue weighted by Gasteiger charge is 2.43. The van der Waals surface area contributed by atoms with Gasteiger partial charge >= 0.3 is 25.6 Å². The van der Waals surface area contributed by atoms with Crippen molar-refractivity contribution in [3.8, 4) is 5.75 Å². The molecule has 0 aliphatic heterocycles. The van der Waals surface area contributed by atoms with Crippen molar-refractivity contribution in [3.63, 3.8) is 0 Å². The molecule has 1 heterocycles. The number of nitrogens with one attached hydrogen (secondary N) is 1. The van der Waals surface area contributed by atoms with Gasteiger partial charge in [-0.3, -0.25) is 9.36 Å². The van der Waals surface area contributed by atoms with Crippen molar-refractivity contribution in [2.24, 2.45) is 0 Å². The minimum atomic E-state index is -5.14. The van der Waals surface area contributed by atoms with Crippen molar-refractivity contribution in [1.82, 2.24) is 5.09 Å². The number of benzene rings is 2. The fraction of sp³-hybridized carbons (Fsp3) is 0.333. The third-order valence-electron chi connectivity index (χ3n) is 5.27. The molecule has 1 aromatic heterocycles. The van der Waals surface area contributed by atoms with E-state index < -0.39 is 89.5 Å². The predicted octanol–water partition coefficient (Wildman–Crippen LogP) is 7.49. The van der Waals surface area contributed by atoms with E-state index in [-0.39, 0.29) is 16.7 Å². The smallest absolute Gasteiger partial charge is 0.412 e. The summed E-state index contributed by atoms with van der Waals surface area (Å²) in [5, 5.41) is 1.94. The van der Waals surface area contributed by atoms with Gasteiger partial charge in [-0.1, -0.05) is 13.0 Å². The van der Waals surface area contributed by atoms with Crippen molar-refractivity contribution in [2.75, 3.05) is 13.2 Å². The summed E-state index contributed by atoms with van der Waals surface area (Å²) < 4.78 is 149.